The van der Waals surface area contributed by atoms with Crippen molar-refractivity contribution in [2.24, 2.45) is 5.84 Å². The highest BCUT2D eigenvalue weighted by Gasteiger charge is 2.15. The molecule has 0 bridgehead atoms. The van der Waals surface area contributed by atoms with Crippen LogP contribution in [-0.4, -0.2) is 10.9 Å². The Balaban J connectivity index is 2.86. The number of carbonyl (C=O) groups is 1. The Morgan fingerprint density at radius 2 is 2.00 bits per heavy atom. The van der Waals surface area contributed by atoms with Crippen LogP contribution in [0.15, 0.2) is 29.1 Å². The number of hydrazine groups is 1. The van der Waals surface area contributed by atoms with Crippen LogP contribution in [0.25, 0.3) is 10.9 Å². The lowest BCUT2D eigenvalue weighted by Crippen LogP contribution is -2.35. The molecule has 0 radical (unpaired) electrons. The highest BCUT2D eigenvalue weighted by atomic mass is 16.2. The number of nitrogens with two attached hydrogens (primary N) is 2. The van der Waals surface area contributed by atoms with E-state index in [0.29, 0.717) is 10.9 Å². The lowest BCUT2D eigenvalue weighted by atomic mass is 10.1. The van der Waals surface area contributed by atoms with Gasteiger partial charge in [0.2, 0.25) is 0 Å². The van der Waals surface area contributed by atoms with Crippen molar-refractivity contribution in [3.05, 3.63) is 40.2 Å². The molecule has 0 saturated carbocycles. The molecule has 82 valence electrons. The lowest BCUT2D eigenvalue weighted by Gasteiger charge is -2.06. The summed E-state index contributed by atoms with van der Waals surface area (Å²) in [7, 11) is 0. The summed E-state index contributed by atoms with van der Waals surface area (Å²) in [5, 5.41) is 0.612. The van der Waals surface area contributed by atoms with Crippen LogP contribution in [-0.2, 0) is 0 Å². The van der Waals surface area contributed by atoms with E-state index in [9.17, 15) is 9.59 Å². The number of hydrogen-bond donors (Lipinski definition) is 4. The molecule has 0 atom stereocenters. The SMILES string of the molecule is NNC(=O)c1c(N)c2ccccc2[nH]c1=O. The minimum atomic E-state index is -0.704. The highest BCUT2D eigenvalue weighted by molar-refractivity contribution is 6.05. The summed E-state index contributed by atoms with van der Waals surface area (Å²) in [5.74, 6) is 4.27. The van der Waals surface area contributed by atoms with Gasteiger partial charge in [0.25, 0.3) is 11.5 Å². The number of pyridine rings is 1. The minimum absolute atomic E-state index is 0.127. The Labute approximate surface area is 90.2 Å². The predicted octanol–water partition coefficient (Wildman–Crippen LogP) is -0.286. The molecule has 1 aromatic heterocycles. The third-order valence-electron chi connectivity index (χ3n) is 2.32. The Bertz CT molecular complexity index is 618. The maximum Gasteiger partial charge on any atom is 0.272 e. The Hall–Kier alpha value is -2.34. The van der Waals surface area contributed by atoms with E-state index in [1.54, 1.807) is 24.3 Å². The van der Waals surface area contributed by atoms with Crippen LogP contribution in [0.5, 0.6) is 0 Å². The number of aromatic amines is 1. The molecule has 0 saturated heterocycles. The van der Waals surface area contributed by atoms with Gasteiger partial charge in [-0.15, -0.1) is 0 Å². The summed E-state index contributed by atoms with van der Waals surface area (Å²) >= 11 is 0. The van der Waals surface area contributed by atoms with E-state index in [4.69, 9.17) is 11.6 Å². The van der Waals surface area contributed by atoms with Crippen molar-refractivity contribution in [3.8, 4) is 0 Å². The summed E-state index contributed by atoms with van der Waals surface area (Å²) in [6, 6.07) is 6.95. The molecule has 1 heterocycles. The maximum atomic E-state index is 11.6. The number of nitrogen functional groups attached to an aromatic ring is 2. The van der Waals surface area contributed by atoms with Crippen LogP contribution in [0.2, 0.25) is 0 Å². The van der Waals surface area contributed by atoms with Crippen LogP contribution >= 0.6 is 0 Å². The number of nitrogens with one attached hydrogen (secondary N) is 2. The van der Waals surface area contributed by atoms with Gasteiger partial charge in [-0.05, 0) is 6.07 Å². The number of anilines is 1. The van der Waals surface area contributed by atoms with Crippen molar-refractivity contribution in [3.63, 3.8) is 0 Å². The summed E-state index contributed by atoms with van der Waals surface area (Å²) < 4.78 is 0. The fraction of sp³-hybridized carbons (Fsp3) is 0. The van der Waals surface area contributed by atoms with Crippen LogP contribution in [0.4, 0.5) is 5.69 Å². The van der Waals surface area contributed by atoms with Gasteiger partial charge in [-0.1, -0.05) is 18.2 Å². The average molecular weight is 218 g/mol. The molecule has 1 amide bonds. The molecule has 16 heavy (non-hydrogen) atoms. The molecular weight excluding hydrogens is 208 g/mol. The third-order valence-corrected chi connectivity index (χ3v) is 2.32. The lowest BCUT2D eigenvalue weighted by molar-refractivity contribution is 0.0953. The van der Waals surface area contributed by atoms with E-state index in [1.165, 1.54) is 0 Å². The summed E-state index contributed by atoms with van der Waals surface area (Å²) in [6.07, 6.45) is 0. The second-order valence-corrected chi connectivity index (χ2v) is 3.26. The Morgan fingerprint density at radius 1 is 1.31 bits per heavy atom. The number of benzene rings is 1. The largest absolute Gasteiger partial charge is 0.397 e. The van der Waals surface area contributed by atoms with Crippen molar-refractivity contribution < 1.29 is 4.79 Å². The fourth-order valence-electron chi connectivity index (χ4n) is 1.57. The first-order valence-corrected chi connectivity index (χ1v) is 4.56. The van der Waals surface area contributed by atoms with E-state index >= 15 is 0 Å². The highest BCUT2D eigenvalue weighted by Crippen LogP contribution is 2.19. The number of para-hydroxylation sites is 1. The molecule has 6 nitrogen and oxygen atoms in total. The van der Waals surface area contributed by atoms with E-state index < -0.39 is 11.5 Å². The van der Waals surface area contributed by atoms with Crippen LogP contribution in [0.1, 0.15) is 10.4 Å². The van der Waals surface area contributed by atoms with E-state index in [0.717, 1.165) is 0 Å². The quantitative estimate of drug-likeness (QED) is 0.299. The topological polar surface area (TPSA) is 114 Å². The molecule has 0 spiro atoms. The van der Waals surface area contributed by atoms with Crippen molar-refractivity contribution in [1.82, 2.24) is 10.4 Å². The molecule has 1 aromatic carbocycles. The molecule has 0 aliphatic heterocycles. The summed E-state index contributed by atoms with van der Waals surface area (Å²) in [6.45, 7) is 0. The number of fused-ring (bicyclic) bond motifs is 1. The van der Waals surface area contributed by atoms with Gasteiger partial charge in [-0.2, -0.15) is 0 Å². The van der Waals surface area contributed by atoms with Gasteiger partial charge in [0, 0.05) is 5.39 Å². The number of carbonyl (C=O) groups excluding carboxylic acids is 1. The zero-order valence-electron chi connectivity index (χ0n) is 8.28. The number of hydrogen-bond acceptors (Lipinski definition) is 4. The number of amides is 1. The molecule has 2 aromatic rings. The van der Waals surface area contributed by atoms with Crippen LogP contribution < -0.4 is 22.6 Å². The number of rotatable bonds is 1. The first kappa shape index (κ1) is 10.2. The third kappa shape index (κ3) is 1.41. The van der Waals surface area contributed by atoms with Crippen molar-refractivity contribution in [1.29, 1.82) is 0 Å². The van der Waals surface area contributed by atoms with Gasteiger partial charge in [0.1, 0.15) is 5.56 Å². The minimum Gasteiger partial charge on any atom is -0.397 e. The van der Waals surface area contributed by atoms with Crippen molar-refractivity contribution >= 4 is 22.5 Å². The van der Waals surface area contributed by atoms with Gasteiger partial charge >= 0.3 is 0 Å². The molecular formula is C10H10N4O2. The second kappa shape index (κ2) is 3.67. The Kier molecular flexibility index (Phi) is 2.34. The molecule has 2 rings (SSSR count). The predicted molar refractivity (Wildman–Crippen MR) is 60.6 cm³/mol. The molecule has 0 aliphatic carbocycles. The fourth-order valence-corrected chi connectivity index (χ4v) is 1.57. The first-order valence-electron chi connectivity index (χ1n) is 4.56. The van der Waals surface area contributed by atoms with Crippen LogP contribution in [0.3, 0.4) is 0 Å². The van der Waals surface area contributed by atoms with Gasteiger partial charge in [0.05, 0.1) is 11.2 Å². The summed E-state index contributed by atoms with van der Waals surface area (Å²) in [5.41, 5.74) is 7.64. The number of H-pyrrole nitrogens is 1. The van der Waals surface area contributed by atoms with Gasteiger partial charge < -0.3 is 10.7 Å². The van der Waals surface area contributed by atoms with Gasteiger partial charge in [0.15, 0.2) is 0 Å². The molecule has 6 N–H and O–H groups in total. The maximum absolute atomic E-state index is 11.6. The van der Waals surface area contributed by atoms with Crippen molar-refractivity contribution in [2.75, 3.05) is 5.73 Å². The van der Waals surface area contributed by atoms with E-state index in [-0.39, 0.29) is 11.3 Å². The standard InChI is InChI=1S/C10H10N4O2/c11-8-5-3-1-2-4-6(5)13-9(15)7(8)10(16)14-12/h1-4H,12H2,(H,14,16)(H3,11,13,15). The molecule has 0 aliphatic rings. The smallest absolute Gasteiger partial charge is 0.272 e. The zero-order valence-corrected chi connectivity index (χ0v) is 8.28. The normalized spacial score (nSPS) is 10.3. The van der Waals surface area contributed by atoms with Crippen molar-refractivity contribution in [2.45, 2.75) is 0 Å². The molecule has 0 unspecified atom stereocenters. The van der Waals surface area contributed by atoms with E-state index in [2.05, 4.69) is 4.98 Å². The van der Waals surface area contributed by atoms with Gasteiger partial charge in [-0.25, -0.2) is 5.84 Å². The second-order valence-electron chi connectivity index (χ2n) is 3.26. The molecule has 6 heteroatoms. The zero-order chi connectivity index (χ0) is 11.7. The summed E-state index contributed by atoms with van der Waals surface area (Å²) in [4.78, 5) is 25.5. The van der Waals surface area contributed by atoms with Gasteiger partial charge in [-0.3, -0.25) is 15.0 Å². The van der Waals surface area contributed by atoms with E-state index in [1.807, 2.05) is 5.43 Å². The Morgan fingerprint density at radius 3 is 2.69 bits per heavy atom. The molecule has 0 fully saturated rings. The first-order chi connectivity index (χ1) is 7.65. The number of aromatic nitrogens is 1. The average Bonchev–Trinajstić information content (AvgIpc) is 2.28. The van der Waals surface area contributed by atoms with Crippen LogP contribution in [0, 0.1) is 0 Å². The monoisotopic (exact) mass is 218 g/mol.